The lowest BCUT2D eigenvalue weighted by atomic mass is 9.89. The highest BCUT2D eigenvalue weighted by Gasteiger charge is 2.31. The summed E-state index contributed by atoms with van der Waals surface area (Å²) in [6.45, 7) is 3.79. The van der Waals surface area contributed by atoms with Gasteiger partial charge >= 0.3 is 0 Å². The highest BCUT2D eigenvalue weighted by Crippen LogP contribution is 2.31. The molecule has 2 heterocycles. The van der Waals surface area contributed by atoms with E-state index in [-0.39, 0.29) is 0 Å². The zero-order chi connectivity index (χ0) is 12.6. The molecule has 18 heavy (non-hydrogen) atoms. The number of aromatic amines is 1. The van der Waals surface area contributed by atoms with Crippen molar-refractivity contribution in [1.29, 1.82) is 0 Å². The highest BCUT2D eigenvalue weighted by molar-refractivity contribution is 5.87. The van der Waals surface area contributed by atoms with Gasteiger partial charge in [0.2, 0.25) is 0 Å². The van der Waals surface area contributed by atoms with Crippen LogP contribution in [0.5, 0.6) is 0 Å². The first-order valence-electron chi connectivity index (χ1n) is 6.49. The monoisotopic (exact) mass is 246 g/mol. The summed E-state index contributed by atoms with van der Waals surface area (Å²) in [5.74, 6) is 0. The first-order valence-corrected chi connectivity index (χ1v) is 6.49. The fourth-order valence-corrected chi connectivity index (χ4v) is 2.63. The number of rotatable bonds is 2. The largest absolute Gasteiger partial charge is 0.390 e. The quantitative estimate of drug-likeness (QED) is 0.846. The van der Waals surface area contributed by atoms with Gasteiger partial charge in [-0.15, -0.1) is 5.10 Å². The molecule has 5 heteroatoms. The SMILES string of the molecule is CCC1(O)CCN(c2cccc3[nH]nnc23)CC1. The van der Waals surface area contributed by atoms with Gasteiger partial charge in [0.05, 0.1) is 16.8 Å². The first kappa shape index (κ1) is 11.5. The Balaban J connectivity index is 1.86. The lowest BCUT2D eigenvalue weighted by Gasteiger charge is -2.38. The van der Waals surface area contributed by atoms with Crippen molar-refractivity contribution in [3.63, 3.8) is 0 Å². The fourth-order valence-electron chi connectivity index (χ4n) is 2.63. The first-order chi connectivity index (χ1) is 8.72. The molecule has 0 saturated carbocycles. The van der Waals surface area contributed by atoms with Crippen LogP contribution in [0.2, 0.25) is 0 Å². The van der Waals surface area contributed by atoms with Gasteiger partial charge in [-0.05, 0) is 31.4 Å². The van der Waals surface area contributed by atoms with E-state index in [2.05, 4.69) is 26.4 Å². The van der Waals surface area contributed by atoms with Gasteiger partial charge in [-0.2, -0.15) is 0 Å². The number of fused-ring (bicyclic) bond motifs is 1. The molecule has 2 aromatic rings. The van der Waals surface area contributed by atoms with Crippen molar-refractivity contribution in [3.05, 3.63) is 18.2 Å². The molecule has 0 radical (unpaired) electrons. The predicted molar refractivity (Wildman–Crippen MR) is 70.6 cm³/mol. The molecule has 0 bridgehead atoms. The minimum absolute atomic E-state index is 0.478. The summed E-state index contributed by atoms with van der Waals surface area (Å²) >= 11 is 0. The van der Waals surface area contributed by atoms with Gasteiger partial charge in [-0.1, -0.05) is 18.2 Å². The zero-order valence-electron chi connectivity index (χ0n) is 10.6. The van der Waals surface area contributed by atoms with Gasteiger partial charge in [0, 0.05) is 13.1 Å². The van der Waals surface area contributed by atoms with E-state index in [1.165, 1.54) is 0 Å². The Labute approximate surface area is 106 Å². The third kappa shape index (κ3) is 1.84. The summed E-state index contributed by atoms with van der Waals surface area (Å²) in [4.78, 5) is 2.29. The van der Waals surface area contributed by atoms with E-state index in [4.69, 9.17) is 0 Å². The van der Waals surface area contributed by atoms with Gasteiger partial charge in [-0.3, -0.25) is 5.10 Å². The molecule has 1 saturated heterocycles. The number of hydrogen-bond donors (Lipinski definition) is 2. The number of nitrogens with zero attached hydrogens (tertiary/aromatic N) is 3. The third-order valence-electron chi connectivity index (χ3n) is 4.03. The second-order valence-electron chi connectivity index (χ2n) is 5.05. The smallest absolute Gasteiger partial charge is 0.136 e. The lowest BCUT2D eigenvalue weighted by molar-refractivity contribution is 0.0126. The lowest BCUT2D eigenvalue weighted by Crippen LogP contribution is -2.44. The molecule has 3 rings (SSSR count). The van der Waals surface area contributed by atoms with E-state index in [1.807, 2.05) is 19.1 Å². The molecule has 2 N–H and O–H groups in total. The molecule has 0 unspecified atom stereocenters. The Bertz CT molecular complexity index is 543. The minimum Gasteiger partial charge on any atom is -0.390 e. The van der Waals surface area contributed by atoms with E-state index < -0.39 is 5.60 Å². The summed E-state index contributed by atoms with van der Waals surface area (Å²) in [5.41, 5.74) is 2.51. The molecule has 1 aromatic heterocycles. The number of piperidine rings is 1. The second-order valence-corrected chi connectivity index (χ2v) is 5.05. The van der Waals surface area contributed by atoms with Crippen molar-refractivity contribution < 1.29 is 5.11 Å². The molecule has 1 aliphatic rings. The number of aromatic nitrogens is 3. The van der Waals surface area contributed by atoms with Crippen LogP contribution < -0.4 is 4.90 Å². The van der Waals surface area contributed by atoms with Crippen molar-refractivity contribution in [2.24, 2.45) is 0 Å². The molecule has 0 amide bonds. The van der Waals surface area contributed by atoms with E-state index in [0.717, 1.165) is 49.1 Å². The van der Waals surface area contributed by atoms with Gasteiger partial charge in [-0.25, -0.2) is 0 Å². The molecule has 5 nitrogen and oxygen atoms in total. The molecule has 0 aliphatic carbocycles. The summed E-state index contributed by atoms with van der Waals surface area (Å²) in [6.07, 6.45) is 2.46. The van der Waals surface area contributed by atoms with Crippen LogP contribution in [0.15, 0.2) is 18.2 Å². The van der Waals surface area contributed by atoms with Crippen LogP contribution in [0.4, 0.5) is 5.69 Å². The highest BCUT2D eigenvalue weighted by atomic mass is 16.3. The predicted octanol–water partition coefficient (Wildman–Crippen LogP) is 1.70. The maximum Gasteiger partial charge on any atom is 0.136 e. The Morgan fingerprint density at radius 1 is 1.39 bits per heavy atom. The normalized spacial score (nSPS) is 19.3. The second kappa shape index (κ2) is 4.24. The van der Waals surface area contributed by atoms with Crippen molar-refractivity contribution >= 4 is 16.7 Å². The summed E-state index contributed by atoms with van der Waals surface area (Å²) < 4.78 is 0. The van der Waals surface area contributed by atoms with Crippen LogP contribution in [-0.4, -0.2) is 39.2 Å². The molecule has 96 valence electrons. The van der Waals surface area contributed by atoms with Crippen molar-refractivity contribution in [2.45, 2.75) is 31.8 Å². The zero-order valence-corrected chi connectivity index (χ0v) is 10.6. The maximum absolute atomic E-state index is 10.3. The van der Waals surface area contributed by atoms with Crippen molar-refractivity contribution in [1.82, 2.24) is 15.4 Å². The van der Waals surface area contributed by atoms with E-state index in [1.54, 1.807) is 0 Å². The van der Waals surface area contributed by atoms with Crippen LogP contribution >= 0.6 is 0 Å². The maximum atomic E-state index is 10.3. The van der Waals surface area contributed by atoms with Gasteiger partial charge < -0.3 is 10.0 Å². The molecule has 1 aromatic carbocycles. The summed E-state index contributed by atoms with van der Waals surface area (Å²) in [5, 5.41) is 21.1. The Hall–Kier alpha value is -1.62. The van der Waals surface area contributed by atoms with Gasteiger partial charge in [0.15, 0.2) is 0 Å². The van der Waals surface area contributed by atoms with Gasteiger partial charge in [0.25, 0.3) is 0 Å². The van der Waals surface area contributed by atoms with Crippen LogP contribution in [0.1, 0.15) is 26.2 Å². The molecule has 0 spiro atoms. The third-order valence-corrected chi connectivity index (χ3v) is 4.03. The molecular weight excluding hydrogens is 228 g/mol. The number of H-pyrrole nitrogens is 1. The number of aliphatic hydroxyl groups is 1. The number of anilines is 1. The summed E-state index contributed by atoms with van der Waals surface area (Å²) in [7, 11) is 0. The van der Waals surface area contributed by atoms with E-state index in [0.29, 0.717) is 0 Å². The Kier molecular flexibility index (Phi) is 2.70. The number of benzene rings is 1. The average molecular weight is 246 g/mol. The van der Waals surface area contributed by atoms with Crippen LogP contribution in [0, 0.1) is 0 Å². The van der Waals surface area contributed by atoms with Crippen molar-refractivity contribution in [3.8, 4) is 0 Å². The van der Waals surface area contributed by atoms with Gasteiger partial charge in [0.1, 0.15) is 5.52 Å². The minimum atomic E-state index is -0.478. The Morgan fingerprint density at radius 3 is 2.89 bits per heavy atom. The van der Waals surface area contributed by atoms with Crippen LogP contribution in [0.25, 0.3) is 11.0 Å². The standard InChI is InChI=1S/C13H18N4O/c1-2-13(18)6-8-17(9-7-13)11-5-3-4-10-12(11)15-16-14-10/h3-5,18H,2,6-9H2,1H3,(H,14,15,16). The van der Waals surface area contributed by atoms with E-state index >= 15 is 0 Å². The van der Waals surface area contributed by atoms with E-state index in [9.17, 15) is 5.11 Å². The average Bonchev–Trinajstić information content (AvgIpc) is 2.88. The number of hydrogen-bond acceptors (Lipinski definition) is 4. The van der Waals surface area contributed by atoms with Crippen LogP contribution in [-0.2, 0) is 0 Å². The molecule has 0 atom stereocenters. The van der Waals surface area contributed by atoms with Crippen molar-refractivity contribution in [2.75, 3.05) is 18.0 Å². The van der Waals surface area contributed by atoms with Crippen LogP contribution in [0.3, 0.4) is 0 Å². The molecule has 1 fully saturated rings. The molecule has 1 aliphatic heterocycles. The summed E-state index contributed by atoms with van der Waals surface area (Å²) in [6, 6.07) is 6.06. The number of nitrogens with one attached hydrogen (secondary N) is 1. The molecular formula is C13H18N4O. The fraction of sp³-hybridized carbons (Fsp3) is 0.538. The topological polar surface area (TPSA) is 65.0 Å². The Morgan fingerprint density at radius 2 is 2.17 bits per heavy atom.